The normalized spacial score (nSPS) is 9.89. The Bertz CT molecular complexity index is 560. The van der Waals surface area contributed by atoms with Gasteiger partial charge in [0.1, 0.15) is 0 Å². The van der Waals surface area contributed by atoms with Gasteiger partial charge in [-0.15, -0.1) is 0 Å². The van der Waals surface area contributed by atoms with Crippen molar-refractivity contribution >= 4 is 56.2 Å². The van der Waals surface area contributed by atoms with Crippen LogP contribution < -0.4 is 10.6 Å². The molecule has 0 spiro atoms. The lowest BCUT2D eigenvalue weighted by atomic mass is 10.3. The Balaban J connectivity index is 2.03. The fourth-order valence-electron chi connectivity index (χ4n) is 1.40. The van der Waals surface area contributed by atoms with Crippen molar-refractivity contribution < 1.29 is 0 Å². The molecule has 0 unspecified atom stereocenters. The zero-order chi connectivity index (χ0) is 13.0. The minimum absolute atomic E-state index is 0.505. The number of hydrogen-bond donors (Lipinski definition) is 2. The molecular formula is C13H10BrClN2S. The van der Waals surface area contributed by atoms with Crippen LogP contribution in [0, 0.1) is 0 Å². The molecule has 0 aliphatic carbocycles. The highest BCUT2D eigenvalue weighted by Gasteiger charge is 2.03. The van der Waals surface area contributed by atoms with E-state index in [0.29, 0.717) is 10.1 Å². The molecular weight excluding hydrogens is 332 g/mol. The first-order chi connectivity index (χ1) is 8.65. The van der Waals surface area contributed by atoms with Crippen LogP contribution >= 0.6 is 39.7 Å². The van der Waals surface area contributed by atoms with Gasteiger partial charge in [0.25, 0.3) is 0 Å². The summed E-state index contributed by atoms with van der Waals surface area (Å²) >= 11 is 14.7. The van der Waals surface area contributed by atoms with Gasteiger partial charge >= 0.3 is 0 Å². The van der Waals surface area contributed by atoms with Gasteiger partial charge in [0.05, 0.1) is 10.7 Å². The molecule has 0 radical (unpaired) electrons. The summed E-state index contributed by atoms with van der Waals surface area (Å²) in [5.41, 5.74) is 1.71. The summed E-state index contributed by atoms with van der Waals surface area (Å²) in [4.78, 5) is 0. The van der Waals surface area contributed by atoms with E-state index < -0.39 is 0 Å². The first kappa shape index (κ1) is 13.3. The Morgan fingerprint density at radius 3 is 2.44 bits per heavy atom. The van der Waals surface area contributed by atoms with Crippen molar-refractivity contribution in [3.63, 3.8) is 0 Å². The second-order valence-corrected chi connectivity index (χ2v) is 5.30. The second-order valence-electron chi connectivity index (χ2n) is 3.57. The zero-order valence-corrected chi connectivity index (χ0v) is 12.4. The molecule has 0 saturated heterocycles. The molecule has 0 aromatic heterocycles. The standard InChI is InChI=1S/C13H10BrClN2S/c14-9-6-7-12(11(15)8-9)17-13(18)16-10-4-2-1-3-5-10/h1-8H,(H2,16,17,18). The average molecular weight is 342 g/mol. The van der Waals surface area contributed by atoms with Crippen molar-refractivity contribution in [2.24, 2.45) is 0 Å². The molecule has 0 fully saturated rings. The van der Waals surface area contributed by atoms with E-state index in [2.05, 4.69) is 26.6 Å². The highest BCUT2D eigenvalue weighted by atomic mass is 79.9. The topological polar surface area (TPSA) is 24.1 Å². The summed E-state index contributed by atoms with van der Waals surface area (Å²) in [5.74, 6) is 0. The highest BCUT2D eigenvalue weighted by Crippen LogP contribution is 2.25. The number of benzene rings is 2. The van der Waals surface area contributed by atoms with Crippen molar-refractivity contribution in [1.29, 1.82) is 0 Å². The maximum Gasteiger partial charge on any atom is 0.175 e. The highest BCUT2D eigenvalue weighted by molar-refractivity contribution is 9.10. The van der Waals surface area contributed by atoms with Gasteiger partial charge < -0.3 is 10.6 Å². The van der Waals surface area contributed by atoms with Crippen LogP contribution in [0.5, 0.6) is 0 Å². The van der Waals surface area contributed by atoms with Gasteiger partial charge in [0.15, 0.2) is 5.11 Å². The number of hydrogen-bond acceptors (Lipinski definition) is 1. The predicted molar refractivity (Wildman–Crippen MR) is 85.4 cm³/mol. The lowest BCUT2D eigenvalue weighted by Crippen LogP contribution is -2.19. The van der Waals surface area contributed by atoms with E-state index in [1.165, 1.54) is 0 Å². The zero-order valence-electron chi connectivity index (χ0n) is 9.28. The van der Waals surface area contributed by atoms with E-state index in [9.17, 15) is 0 Å². The molecule has 2 aromatic rings. The quantitative estimate of drug-likeness (QED) is 0.759. The summed E-state index contributed by atoms with van der Waals surface area (Å²) in [6.45, 7) is 0. The van der Waals surface area contributed by atoms with E-state index in [1.54, 1.807) is 0 Å². The Labute approximate surface area is 124 Å². The molecule has 2 rings (SSSR count). The van der Waals surface area contributed by atoms with E-state index >= 15 is 0 Å². The van der Waals surface area contributed by atoms with E-state index in [4.69, 9.17) is 23.8 Å². The van der Waals surface area contributed by atoms with Gasteiger partial charge in [-0.2, -0.15) is 0 Å². The summed E-state index contributed by atoms with van der Waals surface area (Å²) in [7, 11) is 0. The average Bonchev–Trinajstić information content (AvgIpc) is 2.34. The minimum Gasteiger partial charge on any atom is -0.332 e. The SMILES string of the molecule is S=C(Nc1ccccc1)Nc1ccc(Br)cc1Cl. The van der Waals surface area contributed by atoms with Gasteiger partial charge in [-0.1, -0.05) is 45.7 Å². The maximum absolute atomic E-state index is 6.10. The number of thiocarbonyl (C=S) groups is 1. The molecule has 92 valence electrons. The second kappa shape index (κ2) is 6.18. The Kier molecular flexibility index (Phi) is 4.58. The third kappa shape index (κ3) is 3.70. The van der Waals surface area contributed by atoms with Crippen molar-refractivity contribution in [3.05, 3.63) is 58.0 Å². The number of anilines is 2. The summed E-state index contributed by atoms with van der Waals surface area (Å²) in [5, 5.41) is 7.25. The lowest BCUT2D eigenvalue weighted by Gasteiger charge is -2.11. The predicted octanol–water partition coefficient (Wildman–Crippen LogP) is 4.91. The van der Waals surface area contributed by atoms with Gasteiger partial charge in [0, 0.05) is 10.2 Å². The van der Waals surface area contributed by atoms with Crippen LogP contribution in [0.25, 0.3) is 0 Å². The summed E-state index contributed by atoms with van der Waals surface area (Å²) < 4.78 is 0.931. The monoisotopic (exact) mass is 340 g/mol. The van der Waals surface area contributed by atoms with Crippen LogP contribution in [0.3, 0.4) is 0 Å². The molecule has 18 heavy (non-hydrogen) atoms. The van der Waals surface area contributed by atoms with Gasteiger partial charge in [-0.25, -0.2) is 0 Å². The van der Waals surface area contributed by atoms with E-state index in [0.717, 1.165) is 15.8 Å². The first-order valence-corrected chi connectivity index (χ1v) is 6.81. The fourth-order valence-corrected chi connectivity index (χ4v) is 2.35. The summed E-state index contributed by atoms with van der Waals surface area (Å²) in [6, 6.07) is 15.3. The van der Waals surface area contributed by atoms with Gasteiger partial charge in [0.2, 0.25) is 0 Å². The van der Waals surface area contributed by atoms with Crippen LogP contribution in [-0.2, 0) is 0 Å². The molecule has 2 N–H and O–H groups in total. The van der Waals surface area contributed by atoms with Crippen molar-refractivity contribution in [2.45, 2.75) is 0 Å². The lowest BCUT2D eigenvalue weighted by molar-refractivity contribution is 1.58. The molecule has 0 heterocycles. The first-order valence-electron chi connectivity index (χ1n) is 5.23. The maximum atomic E-state index is 6.10. The fraction of sp³-hybridized carbons (Fsp3) is 0. The van der Waals surface area contributed by atoms with E-state index in [1.807, 2.05) is 48.5 Å². The van der Waals surface area contributed by atoms with Crippen LogP contribution in [0.2, 0.25) is 5.02 Å². The minimum atomic E-state index is 0.505. The van der Waals surface area contributed by atoms with Crippen LogP contribution in [0.1, 0.15) is 0 Å². The molecule has 5 heteroatoms. The third-order valence-corrected chi connectivity index (χ3v) is 3.22. The molecule has 0 aliphatic heterocycles. The molecule has 0 atom stereocenters. The van der Waals surface area contributed by atoms with Crippen molar-refractivity contribution in [2.75, 3.05) is 10.6 Å². The number of para-hydroxylation sites is 1. The van der Waals surface area contributed by atoms with Gasteiger partial charge in [-0.05, 0) is 42.5 Å². The van der Waals surface area contributed by atoms with Crippen molar-refractivity contribution in [3.8, 4) is 0 Å². The number of nitrogens with one attached hydrogen (secondary N) is 2. The van der Waals surface area contributed by atoms with Crippen molar-refractivity contribution in [1.82, 2.24) is 0 Å². The van der Waals surface area contributed by atoms with Crippen LogP contribution in [-0.4, -0.2) is 5.11 Å². The largest absolute Gasteiger partial charge is 0.332 e. The molecule has 0 bridgehead atoms. The molecule has 2 aromatic carbocycles. The number of rotatable bonds is 2. The van der Waals surface area contributed by atoms with Crippen LogP contribution in [0.4, 0.5) is 11.4 Å². The van der Waals surface area contributed by atoms with Gasteiger partial charge in [-0.3, -0.25) is 0 Å². The Morgan fingerprint density at radius 1 is 1.06 bits per heavy atom. The molecule has 0 aliphatic rings. The summed E-state index contributed by atoms with van der Waals surface area (Å²) in [6.07, 6.45) is 0. The molecule has 0 amide bonds. The molecule has 0 saturated carbocycles. The molecule has 2 nitrogen and oxygen atoms in total. The number of halogens is 2. The van der Waals surface area contributed by atoms with Crippen LogP contribution in [0.15, 0.2) is 53.0 Å². The Hall–Kier alpha value is -1.10. The smallest absolute Gasteiger partial charge is 0.175 e. The van der Waals surface area contributed by atoms with E-state index in [-0.39, 0.29) is 0 Å². The third-order valence-electron chi connectivity index (χ3n) is 2.21. The Morgan fingerprint density at radius 2 is 1.78 bits per heavy atom.